The Labute approximate surface area is 160 Å². The molecule has 1 fully saturated rings. The lowest BCUT2D eigenvalue weighted by molar-refractivity contribution is 0.330. The molecular formula is C21H22ClNO2S. The van der Waals surface area contributed by atoms with Crippen LogP contribution in [-0.4, -0.2) is 19.7 Å². The number of nitrogens with zero attached hydrogens (tertiary/aromatic N) is 1. The van der Waals surface area contributed by atoms with Gasteiger partial charge in [0.15, 0.2) is 14.9 Å². The summed E-state index contributed by atoms with van der Waals surface area (Å²) >= 11 is 6.07. The number of allylic oxidation sites excluding steroid dienone is 2. The van der Waals surface area contributed by atoms with Crippen molar-refractivity contribution in [2.24, 2.45) is 5.41 Å². The molecule has 1 aromatic heterocycles. The Hall–Kier alpha value is -1.65. The lowest BCUT2D eigenvalue weighted by Crippen LogP contribution is -2.11. The average Bonchev–Trinajstić information content (AvgIpc) is 3.22. The molecule has 0 radical (unpaired) electrons. The lowest BCUT2D eigenvalue weighted by Gasteiger charge is -2.23. The predicted molar refractivity (Wildman–Crippen MR) is 106 cm³/mol. The summed E-state index contributed by atoms with van der Waals surface area (Å²) in [6, 6.07) is 11.6. The smallest absolute Gasteiger partial charge is 0.192 e. The molecule has 1 saturated carbocycles. The minimum Gasteiger partial charge on any atom is -0.244 e. The maximum Gasteiger partial charge on any atom is 0.192 e. The highest BCUT2D eigenvalue weighted by Crippen LogP contribution is 2.57. The zero-order valence-electron chi connectivity index (χ0n) is 14.8. The highest BCUT2D eigenvalue weighted by Gasteiger charge is 2.41. The molecule has 0 aliphatic heterocycles. The Morgan fingerprint density at radius 1 is 0.923 bits per heavy atom. The van der Waals surface area contributed by atoms with E-state index < -0.39 is 9.84 Å². The standard InChI is InChI=1S/C21H22ClNO2S/c1-26(24,25)20-9-6-16(14-23-20)19-13-21(10-2-3-11-21)12-18(19)15-4-7-17(22)8-5-15/h4-9,14H,2-3,10-13H2,1H3. The molecule has 4 rings (SSSR count). The molecule has 1 aromatic carbocycles. The van der Waals surface area contributed by atoms with Crippen molar-refractivity contribution in [3.8, 4) is 0 Å². The zero-order chi connectivity index (χ0) is 18.4. The van der Waals surface area contributed by atoms with Crippen molar-refractivity contribution < 1.29 is 8.42 Å². The number of sulfone groups is 1. The molecule has 2 aromatic rings. The molecule has 5 heteroatoms. The number of benzene rings is 1. The molecule has 0 unspecified atom stereocenters. The van der Waals surface area contributed by atoms with Crippen LogP contribution < -0.4 is 0 Å². The van der Waals surface area contributed by atoms with Crippen LogP contribution in [0.2, 0.25) is 5.02 Å². The van der Waals surface area contributed by atoms with Crippen LogP contribution in [0, 0.1) is 5.41 Å². The van der Waals surface area contributed by atoms with E-state index in [2.05, 4.69) is 17.1 Å². The van der Waals surface area contributed by atoms with Crippen molar-refractivity contribution in [2.45, 2.75) is 43.6 Å². The quantitative estimate of drug-likeness (QED) is 0.707. The van der Waals surface area contributed by atoms with E-state index in [1.54, 1.807) is 12.3 Å². The van der Waals surface area contributed by atoms with E-state index in [4.69, 9.17) is 11.6 Å². The van der Waals surface area contributed by atoms with Gasteiger partial charge in [0, 0.05) is 17.5 Å². The van der Waals surface area contributed by atoms with E-state index >= 15 is 0 Å². The maximum absolute atomic E-state index is 11.7. The summed E-state index contributed by atoms with van der Waals surface area (Å²) in [4.78, 5) is 4.21. The summed E-state index contributed by atoms with van der Waals surface area (Å²) in [5.74, 6) is 0. The first kappa shape index (κ1) is 17.7. The number of hydrogen-bond donors (Lipinski definition) is 0. The minimum atomic E-state index is -3.28. The van der Waals surface area contributed by atoms with Gasteiger partial charge in [-0.3, -0.25) is 0 Å². The Kier molecular flexibility index (Phi) is 4.44. The number of hydrogen-bond acceptors (Lipinski definition) is 3. The van der Waals surface area contributed by atoms with Crippen LogP contribution in [-0.2, 0) is 9.84 Å². The van der Waals surface area contributed by atoms with Crippen LogP contribution in [0.5, 0.6) is 0 Å². The van der Waals surface area contributed by atoms with Crippen molar-refractivity contribution in [1.82, 2.24) is 4.98 Å². The van der Waals surface area contributed by atoms with E-state index in [9.17, 15) is 8.42 Å². The summed E-state index contributed by atoms with van der Waals surface area (Å²) in [6.45, 7) is 0. The maximum atomic E-state index is 11.7. The molecular weight excluding hydrogens is 366 g/mol. The van der Waals surface area contributed by atoms with E-state index in [0.717, 1.165) is 23.4 Å². The monoisotopic (exact) mass is 387 g/mol. The third-order valence-electron chi connectivity index (χ3n) is 5.79. The number of pyridine rings is 1. The fraction of sp³-hybridized carbons (Fsp3) is 0.381. The molecule has 136 valence electrons. The number of rotatable bonds is 3. The van der Waals surface area contributed by atoms with Gasteiger partial charge in [0.1, 0.15) is 0 Å². The Bertz CT molecular complexity index is 954. The molecule has 26 heavy (non-hydrogen) atoms. The molecule has 0 amide bonds. The highest BCUT2D eigenvalue weighted by atomic mass is 35.5. The molecule has 0 N–H and O–H groups in total. The van der Waals surface area contributed by atoms with Crippen LogP contribution in [0.1, 0.15) is 49.7 Å². The van der Waals surface area contributed by atoms with Gasteiger partial charge in [-0.05, 0) is 71.6 Å². The van der Waals surface area contributed by atoms with E-state index in [0.29, 0.717) is 5.41 Å². The highest BCUT2D eigenvalue weighted by molar-refractivity contribution is 7.90. The lowest BCUT2D eigenvalue weighted by atomic mass is 9.81. The van der Waals surface area contributed by atoms with Gasteiger partial charge in [0.05, 0.1) is 0 Å². The van der Waals surface area contributed by atoms with E-state index in [1.807, 2.05) is 18.2 Å². The van der Waals surface area contributed by atoms with Gasteiger partial charge < -0.3 is 0 Å². The molecule has 0 saturated heterocycles. The Morgan fingerprint density at radius 2 is 1.50 bits per heavy atom. The van der Waals surface area contributed by atoms with E-state index in [-0.39, 0.29) is 5.03 Å². The first-order chi connectivity index (χ1) is 12.4. The third-order valence-corrected chi connectivity index (χ3v) is 7.04. The van der Waals surface area contributed by atoms with Gasteiger partial charge in [-0.1, -0.05) is 42.6 Å². The van der Waals surface area contributed by atoms with Crippen LogP contribution in [0.25, 0.3) is 11.1 Å². The van der Waals surface area contributed by atoms with Crippen LogP contribution in [0.4, 0.5) is 0 Å². The van der Waals surface area contributed by atoms with Crippen molar-refractivity contribution in [1.29, 1.82) is 0 Å². The van der Waals surface area contributed by atoms with Crippen molar-refractivity contribution in [3.05, 3.63) is 58.7 Å². The summed E-state index contributed by atoms with van der Waals surface area (Å²) in [5, 5.41) is 0.868. The minimum absolute atomic E-state index is 0.128. The molecule has 3 nitrogen and oxygen atoms in total. The topological polar surface area (TPSA) is 47.0 Å². The summed E-state index contributed by atoms with van der Waals surface area (Å²) < 4.78 is 23.4. The molecule has 2 aliphatic carbocycles. The molecule has 2 aliphatic rings. The van der Waals surface area contributed by atoms with Crippen LogP contribution in [0.3, 0.4) is 0 Å². The summed E-state index contributed by atoms with van der Waals surface area (Å²) in [5.41, 5.74) is 5.27. The van der Waals surface area contributed by atoms with E-state index in [1.165, 1.54) is 48.6 Å². The number of halogens is 1. The van der Waals surface area contributed by atoms with Crippen LogP contribution in [0.15, 0.2) is 47.6 Å². The second-order valence-corrected chi connectivity index (χ2v) is 10.1. The first-order valence-corrected chi connectivity index (χ1v) is 11.3. The van der Waals surface area contributed by atoms with Crippen molar-refractivity contribution in [2.75, 3.05) is 6.26 Å². The Balaban J connectivity index is 1.78. The normalized spacial score (nSPS) is 19.5. The third kappa shape index (κ3) is 3.33. The fourth-order valence-electron chi connectivity index (χ4n) is 4.49. The fourth-order valence-corrected chi connectivity index (χ4v) is 5.17. The second kappa shape index (κ2) is 6.50. The van der Waals surface area contributed by atoms with Gasteiger partial charge in [-0.2, -0.15) is 0 Å². The predicted octanol–water partition coefficient (Wildman–Crippen LogP) is 5.40. The van der Waals surface area contributed by atoms with Gasteiger partial charge in [0.25, 0.3) is 0 Å². The number of aromatic nitrogens is 1. The van der Waals surface area contributed by atoms with Crippen molar-refractivity contribution in [3.63, 3.8) is 0 Å². The van der Waals surface area contributed by atoms with Gasteiger partial charge >= 0.3 is 0 Å². The van der Waals surface area contributed by atoms with Gasteiger partial charge in [-0.15, -0.1) is 0 Å². The molecule has 0 atom stereocenters. The first-order valence-electron chi connectivity index (χ1n) is 9.01. The van der Waals surface area contributed by atoms with Gasteiger partial charge in [0.2, 0.25) is 0 Å². The zero-order valence-corrected chi connectivity index (χ0v) is 16.4. The molecule has 1 spiro atoms. The molecule has 1 heterocycles. The van der Waals surface area contributed by atoms with Crippen LogP contribution >= 0.6 is 11.6 Å². The molecule has 0 bridgehead atoms. The summed E-state index contributed by atoms with van der Waals surface area (Å²) in [7, 11) is -3.28. The SMILES string of the molecule is CS(=O)(=O)c1ccc(C2=C(c3ccc(Cl)cc3)CC3(CCCC3)C2)cn1. The summed E-state index contributed by atoms with van der Waals surface area (Å²) in [6.07, 6.45) is 10.2. The Morgan fingerprint density at radius 3 is 2.04 bits per heavy atom. The second-order valence-electron chi connectivity index (χ2n) is 7.68. The average molecular weight is 388 g/mol. The largest absolute Gasteiger partial charge is 0.244 e. The van der Waals surface area contributed by atoms with Crippen molar-refractivity contribution >= 4 is 32.6 Å². The van der Waals surface area contributed by atoms with Gasteiger partial charge in [-0.25, -0.2) is 13.4 Å².